The summed E-state index contributed by atoms with van der Waals surface area (Å²) in [5, 5.41) is 8.85. The maximum atomic E-state index is 12.2. The molecule has 4 nitrogen and oxygen atoms in total. The number of amides is 1. The molecule has 1 amide bonds. The van der Waals surface area contributed by atoms with Crippen LogP contribution in [0.5, 0.6) is 0 Å². The SMILES string of the molecule is O=C(NC1CC1c1ccccc1)c1cc(-c2cccs2)on1. The van der Waals surface area contributed by atoms with Crippen LogP contribution in [0.3, 0.4) is 0 Å². The first-order valence-electron chi connectivity index (χ1n) is 7.17. The maximum absolute atomic E-state index is 12.2. The van der Waals surface area contributed by atoms with Gasteiger partial charge >= 0.3 is 0 Å². The molecule has 2 aromatic heterocycles. The van der Waals surface area contributed by atoms with Crippen molar-refractivity contribution in [2.75, 3.05) is 0 Å². The van der Waals surface area contributed by atoms with E-state index in [1.54, 1.807) is 17.4 Å². The first-order chi connectivity index (χ1) is 10.8. The topological polar surface area (TPSA) is 55.1 Å². The average Bonchev–Trinajstić information content (AvgIpc) is 2.99. The molecule has 1 saturated carbocycles. The zero-order valence-electron chi connectivity index (χ0n) is 11.7. The van der Waals surface area contributed by atoms with Gasteiger partial charge in [-0.25, -0.2) is 0 Å². The fourth-order valence-electron chi connectivity index (χ4n) is 2.58. The Kier molecular flexibility index (Phi) is 3.27. The Morgan fingerprint density at radius 3 is 2.86 bits per heavy atom. The average molecular weight is 310 g/mol. The summed E-state index contributed by atoms with van der Waals surface area (Å²) < 4.78 is 5.24. The molecule has 1 aliphatic carbocycles. The summed E-state index contributed by atoms with van der Waals surface area (Å²) >= 11 is 1.56. The summed E-state index contributed by atoms with van der Waals surface area (Å²) in [5.74, 6) is 0.874. The number of hydrogen-bond donors (Lipinski definition) is 1. The van der Waals surface area contributed by atoms with Crippen LogP contribution in [0, 0.1) is 0 Å². The molecule has 110 valence electrons. The third kappa shape index (κ3) is 2.55. The second-order valence-electron chi connectivity index (χ2n) is 5.39. The molecule has 1 aliphatic rings. The lowest BCUT2D eigenvalue weighted by Gasteiger charge is -2.02. The second-order valence-corrected chi connectivity index (χ2v) is 6.33. The van der Waals surface area contributed by atoms with Gasteiger partial charge in [-0.3, -0.25) is 4.79 Å². The molecule has 0 bridgehead atoms. The minimum atomic E-state index is -0.171. The molecule has 1 aromatic carbocycles. The molecule has 22 heavy (non-hydrogen) atoms. The van der Waals surface area contributed by atoms with E-state index >= 15 is 0 Å². The molecule has 1 N–H and O–H groups in total. The van der Waals surface area contributed by atoms with Crippen molar-refractivity contribution in [3.05, 3.63) is 65.2 Å². The number of benzene rings is 1. The third-order valence-corrected chi connectivity index (χ3v) is 4.73. The van der Waals surface area contributed by atoms with Crippen LogP contribution in [0.4, 0.5) is 0 Å². The van der Waals surface area contributed by atoms with Gasteiger partial charge in [0.05, 0.1) is 4.88 Å². The summed E-state index contributed by atoms with van der Waals surface area (Å²) in [6, 6.07) is 16.0. The van der Waals surface area contributed by atoms with Crippen molar-refractivity contribution in [3.8, 4) is 10.6 Å². The summed E-state index contributed by atoms with van der Waals surface area (Å²) in [4.78, 5) is 13.2. The van der Waals surface area contributed by atoms with Crippen LogP contribution in [0.1, 0.15) is 28.4 Å². The number of nitrogens with zero attached hydrogens (tertiary/aromatic N) is 1. The summed E-state index contributed by atoms with van der Waals surface area (Å²) in [7, 11) is 0. The van der Waals surface area contributed by atoms with Gasteiger partial charge in [-0.1, -0.05) is 41.6 Å². The number of carbonyl (C=O) groups is 1. The van der Waals surface area contributed by atoms with Crippen LogP contribution >= 0.6 is 11.3 Å². The van der Waals surface area contributed by atoms with Crippen molar-refractivity contribution in [3.63, 3.8) is 0 Å². The predicted octanol–water partition coefficient (Wildman–Crippen LogP) is 3.69. The molecule has 1 fully saturated rings. The Labute approximate surface area is 131 Å². The van der Waals surface area contributed by atoms with Crippen LogP contribution < -0.4 is 5.32 Å². The number of aromatic nitrogens is 1. The van der Waals surface area contributed by atoms with Gasteiger partial charge < -0.3 is 9.84 Å². The molecule has 2 heterocycles. The lowest BCUT2D eigenvalue weighted by Crippen LogP contribution is -2.26. The highest BCUT2D eigenvalue weighted by Crippen LogP contribution is 2.40. The summed E-state index contributed by atoms with van der Waals surface area (Å²) in [5.41, 5.74) is 1.61. The van der Waals surface area contributed by atoms with Crippen LogP contribution in [-0.2, 0) is 0 Å². The Morgan fingerprint density at radius 1 is 1.23 bits per heavy atom. The number of nitrogens with one attached hydrogen (secondary N) is 1. The van der Waals surface area contributed by atoms with Crippen LogP contribution in [-0.4, -0.2) is 17.1 Å². The molecule has 5 heteroatoms. The highest BCUT2D eigenvalue weighted by molar-refractivity contribution is 7.13. The van der Waals surface area contributed by atoms with Gasteiger partial charge in [0.2, 0.25) is 0 Å². The normalized spacial score (nSPS) is 19.8. The molecule has 2 atom stereocenters. The van der Waals surface area contributed by atoms with E-state index in [4.69, 9.17) is 4.52 Å². The van der Waals surface area contributed by atoms with Crippen molar-refractivity contribution >= 4 is 17.2 Å². The molecular formula is C17H14N2O2S. The first kappa shape index (κ1) is 13.3. The minimum Gasteiger partial charge on any atom is -0.355 e. The van der Waals surface area contributed by atoms with E-state index in [-0.39, 0.29) is 11.9 Å². The van der Waals surface area contributed by atoms with E-state index in [2.05, 4.69) is 22.6 Å². The van der Waals surface area contributed by atoms with Gasteiger partial charge in [-0.2, -0.15) is 0 Å². The van der Waals surface area contributed by atoms with Gasteiger partial charge in [0.1, 0.15) is 0 Å². The quantitative estimate of drug-likeness (QED) is 0.799. The van der Waals surface area contributed by atoms with Gasteiger partial charge in [0.15, 0.2) is 11.5 Å². The fraction of sp³-hybridized carbons (Fsp3) is 0.176. The number of thiophene rings is 1. The smallest absolute Gasteiger partial charge is 0.273 e. The number of rotatable bonds is 4. The lowest BCUT2D eigenvalue weighted by atomic mass is 10.1. The Bertz CT molecular complexity index is 780. The largest absolute Gasteiger partial charge is 0.355 e. The zero-order chi connectivity index (χ0) is 14.9. The molecule has 3 aromatic rings. The summed E-state index contributed by atoms with van der Waals surface area (Å²) in [6.45, 7) is 0. The van der Waals surface area contributed by atoms with E-state index in [0.717, 1.165) is 11.3 Å². The van der Waals surface area contributed by atoms with Crippen molar-refractivity contribution < 1.29 is 9.32 Å². The zero-order valence-corrected chi connectivity index (χ0v) is 12.5. The van der Waals surface area contributed by atoms with Crippen LogP contribution in [0.15, 0.2) is 58.4 Å². The van der Waals surface area contributed by atoms with Crippen molar-refractivity contribution in [1.29, 1.82) is 0 Å². The Balaban J connectivity index is 1.41. The van der Waals surface area contributed by atoms with Crippen LogP contribution in [0.2, 0.25) is 0 Å². The molecule has 0 spiro atoms. The predicted molar refractivity (Wildman–Crippen MR) is 84.9 cm³/mol. The maximum Gasteiger partial charge on any atom is 0.273 e. The van der Waals surface area contributed by atoms with Gasteiger partial charge in [-0.05, 0) is 23.4 Å². The molecule has 0 aliphatic heterocycles. The van der Waals surface area contributed by atoms with Crippen molar-refractivity contribution in [2.45, 2.75) is 18.4 Å². The van der Waals surface area contributed by atoms with Gasteiger partial charge in [0, 0.05) is 18.0 Å². The minimum absolute atomic E-state index is 0.171. The van der Waals surface area contributed by atoms with E-state index in [1.807, 2.05) is 35.7 Å². The number of carbonyl (C=O) groups excluding carboxylic acids is 1. The Hall–Kier alpha value is -2.40. The van der Waals surface area contributed by atoms with E-state index < -0.39 is 0 Å². The first-order valence-corrected chi connectivity index (χ1v) is 8.05. The fourth-order valence-corrected chi connectivity index (χ4v) is 3.26. The molecule has 0 radical (unpaired) electrons. The highest BCUT2D eigenvalue weighted by atomic mass is 32.1. The van der Waals surface area contributed by atoms with E-state index in [9.17, 15) is 4.79 Å². The third-order valence-electron chi connectivity index (χ3n) is 3.84. The molecule has 0 saturated heterocycles. The Morgan fingerprint density at radius 2 is 2.09 bits per heavy atom. The van der Waals surface area contributed by atoms with Crippen molar-refractivity contribution in [1.82, 2.24) is 10.5 Å². The summed E-state index contributed by atoms with van der Waals surface area (Å²) in [6.07, 6.45) is 0.978. The standard InChI is InChI=1S/C17H14N2O2S/c20-17(14-10-15(21-19-14)16-7-4-8-22-16)18-13-9-12(13)11-5-2-1-3-6-11/h1-8,10,12-13H,9H2,(H,18,20). The second kappa shape index (κ2) is 5.42. The van der Waals surface area contributed by atoms with Gasteiger partial charge in [-0.15, -0.1) is 11.3 Å². The van der Waals surface area contributed by atoms with Crippen molar-refractivity contribution in [2.24, 2.45) is 0 Å². The monoisotopic (exact) mass is 310 g/mol. The molecular weight excluding hydrogens is 296 g/mol. The number of hydrogen-bond acceptors (Lipinski definition) is 4. The lowest BCUT2D eigenvalue weighted by molar-refractivity contribution is 0.0941. The molecule has 4 rings (SSSR count). The van der Waals surface area contributed by atoms with Crippen LogP contribution in [0.25, 0.3) is 10.6 Å². The molecule has 2 unspecified atom stereocenters. The van der Waals surface area contributed by atoms with E-state index in [1.165, 1.54) is 5.56 Å². The van der Waals surface area contributed by atoms with Gasteiger partial charge in [0.25, 0.3) is 5.91 Å². The van der Waals surface area contributed by atoms with E-state index in [0.29, 0.717) is 17.4 Å². The highest BCUT2D eigenvalue weighted by Gasteiger charge is 2.39.